The van der Waals surface area contributed by atoms with Crippen LogP contribution in [0.1, 0.15) is 61.1 Å². The molecule has 0 aromatic heterocycles. The molecule has 0 saturated carbocycles. The molecule has 11 heteroatoms. The Kier molecular flexibility index (Phi) is 7.35. The molecule has 2 aliphatic rings. The summed E-state index contributed by atoms with van der Waals surface area (Å²) in [7, 11) is 1.31. The lowest BCUT2D eigenvalue weighted by Crippen LogP contribution is -2.40. The van der Waals surface area contributed by atoms with Crippen molar-refractivity contribution in [2.45, 2.75) is 31.7 Å². The second-order valence-corrected chi connectivity index (χ2v) is 10.2. The summed E-state index contributed by atoms with van der Waals surface area (Å²) in [6.07, 6.45) is -6.61. The molecule has 1 unspecified atom stereocenters. The van der Waals surface area contributed by atoms with Gasteiger partial charge in [-0.1, -0.05) is 42.5 Å². The number of aliphatic hydroxyl groups is 1. The lowest BCUT2D eigenvalue weighted by molar-refractivity contribution is -0.150. The lowest BCUT2D eigenvalue weighted by atomic mass is 9.73. The molecule has 0 heterocycles. The number of Topliss-reactive ketones (excluding diaryl/α,β-unsaturated/α-hetero) is 1. The van der Waals surface area contributed by atoms with Gasteiger partial charge in [0.25, 0.3) is 0 Å². The number of hydrogen-bond acceptors (Lipinski definition) is 8. The molecule has 0 saturated heterocycles. The molecule has 0 amide bonds. The average molecular weight is 570 g/mol. The van der Waals surface area contributed by atoms with Crippen molar-refractivity contribution < 1.29 is 47.6 Å². The van der Waals surface area contributed by atoms with Crippen molar-refractivity contribution in [2.75, 3.05) is 20.2 Å². The van der Waals surface area contributed by atoms with Gasteiger partial charge in [-0.15, -0.1) is 0 Å². The van der Waals surface area contributed by atoms with Gasteiger partial charge < -0.3 is 20.1 Å². The molecule has 2 atom stereocenters. The fourth-order valence-electron chi connectivity index (χ4n) is 5.76. The molecule has 3 aromatic carbocycles. The zero-order chi connectivity index (χ0) is 29.6. The van der Waals surface area contributed by atoms with Crippen molar-refractivity contribution in [3.8, 4) is 17.2 Å². The Balaban J connectivity index is 1.48. The van der Waals surface area contributed by atoms with Gasteiger partial charge in [0.2, 0.25) is 5.78 Å². The van der Waals surface area contributed by atoms with E-state index < -0.39 is 71.3 Å². The number of carbonyl (C=O) groups excluding carboxylic acids is 3. The molecule has 214 valence electrons. The third kappa shape index (κ3) is 5.18. The van der Waals surface area contributed by atoms with E-state index in [1.807, 2.05) is 0 Å². The van der Waals surface area contributed by atoms with E-state index in [0.29, 0.717) is 5.56 Å². The number of carbonyl (C=O) groups is 3. The van der Waals surface area contributed by atoms with Crippen LogP contribution in [-0.2, 0) is 17.8 Å². The predicted octanol–water partition coefficient (Wildman–Crippen LogP) is 4.11. The number of methoxy groups -OCH3 is 1. The first kappa shape index (κ1) is 28.3. The third-order valence-electron chi connectivity index (χ3n) is 7.54. The van der Waals surface area contributed by atoms with E-state index in [1.54, 1.807) is 30.3 Å². The number of hydrogen-bond donors (Lipinski definition) is 3. The van der Waals surface area contributed by atoms with E-state index in [9.17, 15) is 42.9 Å². The Labute approximate surface area is 232 Å². The van der Waals surface area contributed by atoms with Crippen LogP contribution < -0.4 is 4.74 Å². The van der Waals surface area contributed by atoms with Gasteiger partial charge in [0.15, 0.2) is 5.78 Å². The van der Waals surface area contributed by atoms with Crippen molar-refractivity contribution in [3.05, 3.63) is 87.5 Å². The van der Waals surface area contributed by atoms with Crippen LogP contribution in [0, 0.1) is 5.92 Å². The molecular weight excluding hydrogens is 543 g/mol. The van der Waals surface area contributed by atoms with Crippen molar-refractivity contribution >= 4 is 17.3 Å². The molecule has 0 bridgehead atoms. The molecule has 3 aromatic rings. The maximum absolute atomic E-state index is 13.4. The maximum Gasteiger partial charge on any atom is 0.401 e. The summed E-state index contributed by atoms with van der Waals surface area (Å²) in [5.41, 5.74) is -0.806. The number of nitrogens with zero attached hydrogens (tertiary/aromatic N) is 1. The van der Waals surface area contributed by atoms with E-state index in [1.165, 1.54) is 25.3 Å². The number of halogens is 3. The minimum absolute atomic E-state index is 0.0517. The monoisotopic (exact) mass is 569 g/mol. The number of rotatable bonds is 7. The molecule has 2 aliphatic carbocycles. The van der Waals surface area contributed by atoms with Crippen LogP contribution in [0.3, 0.4) is 0 Å². The van der Waals surface area contributed by atoms with Crippen LogP contribution in [0.4, 0.5) is 13.2 Å². The maximum atomic E-state index is 13.4. The molecule has 41 heavy (non-hydrogen) atoms. The van der Waals surface area contributed by atoms with Gasteiger partial charge in [-0.3, -0.25) is 19.3 Å². The Bertz CT molecular complexity index is 1550. The molecule has 0 radical (unpaired) electrons. The Hall–Kier alpha value is -4.22. The Morgan fingerprint density at radius 2 is 1.66 bits per heavy atom. The number of phenolic OH excluding ortho intramolecular Hbond substituents is 2. The molecule has 0 fully saturated rings. The highest BCUT2D eigenvalue weighted by Gasteiger charge is 2.43. The third-order valence-corrected chi connectivity index (χ3v) is 7.54. The van der Waals surface area contributed by atoms with E-state index in [0.717, 1.165) is 4.90 Å². The normalized spacial score (nSPS) is 18.1. The van der Waals surface area contributed by atoms with Gasteiger partial charge in [0.05, 0.1) is 43.0 Å². The Morgan fingerprint density at radius 1 is 0.976 bits per heavy atom. The van der Waals surface area contributed by atoms with Crippen LogP contribution >= 0.6 is 0 Å². The summed E-state index contributed by atoms with van der Waals surface area (Å²) in [6.45, 7) is -2.06. The number of ketones is 3. The summed E-state index contributed by atoms with van der Waals surface area (Å²) >= 11 is 0. The SMILES string of the molecule is COc1cccc2c1C(=O)c1c(O)c3c(c(O)c1C2=O)CC(C(=O)CN(Cc1ccccc1)CC(F)(F)F)C[C@@H]3O. The summed E-state index contributed by atoms with van der Waals surface area (Å²) in [5.74, 6) is -4.43. The van der Waals surface area contributed by atoms with E-state index >= 15 is 0 Å². The minimum Gasteiger partial charge on any atom is -0.507 e. The highest BCUT2D eigenvalue weighted by molar-refractivity contribution is 6.31. The second kappa shape index (κ2) is 10.6. The van der Waals surface area contributed by atoms with Crippen LogP contribution in [0.2, 0.25) is 0 Å². The first-order chi connectivity index (χ1) is 19.4. The summed E-state index contributed by atoms with van der Waals surface area (Å²) in [4.78, 5) is 41.1. The molecule has 0 aliphatic heterocycles. The van der Waals surface area contributed by atoms with E-state index in [-0.39, 0.29) is 47.4 Å². The standard InChI is InChI=1S/C30H26F3NO7/c1-41-21-9-5-8-17-23(21)29(40)25-24(26(17)37)27(38)18-10-16(11-19(35)22(18)28(25)39)20(36)13-34(14-30(31,32)33)12-15-6-3-2-4-7-15/h2-9,16,19,35,38-39H,10-14H2,1H3/t16?,19-/m0/s1. The number of phenols is 2. The molecule has 3 N–H and O–H groups in total. The highest BCUT2D eigenvalue weighted by Crippen LogP contribution is 2.50. The number of aromatic hydroxyl groups is 2. The summed E-state index contributed by atoms with van der Waals surface area (Å²) in [6, 6.07) is 12.7. The van der Waals surface area contributed by atoms with E-state index in [2.05, 4.69) is 0 Å². The lowest BCUT2D eigenvalue weighted by Gasteiger charge is -2.33. The minimum atomic E-state index is -4.57. The number of aliphatic hydroxyl groups excluding tert-OH is 1. The number of benzene rings is 3. The molecule has 8 nitrogen and oxygen atoms in total. The first-order valence-corrected chi connectivity index (χ1v) is 12.8. The van der Waals surface area contributed by atoms with Gasteiger partial charge in [0, 0.05) is 29.2 Å². The largest absolute Gasteiger partial charge is 0.507 e. The highest BCUT2D eigenvalue weighted by atomic mass is 19.4. The van der Waals surface area contributed by atoms with Crippen LogP contribution in [-0.4, -0.2) is 63.9 Å². The average Bonchev–Trinajstić information content (AvgIpc) is 2.92. The van der Waals surface area contributed by atoms with Crippen LogP contribution in [0.25, 0.3) is 0 Å². The van der Waals surface area contributed by atoms with Crippen LogP contribution in [0.5, 0.6) is 17.2 Å². The number of fused-ring (bicyclic) bond motifs is 3. The van der Waals surface area contributed by atoms with Gasteiger partial charge in [-0.25, -0.2) is 0 Å². The van der Waals surface area contributed by atoms with Crippen molar-refractivity contribution in [1.29, 1.82) is 0 Å². The fraction of sp³-hybridized carbons (Fsp3) is 0.300. The van der Waals surface area contributed by atoms with Gasteiger partial charge in [-0.05, 0) is 24.5 Å². The second-order valence-electron chi connectivity index (χ2n) is 10.2. The summed E-state index contributed by atoms with van der Waals surface area (Å²) in [5, 5.41) is 33.3. The molecule has 5 rings (SSSR count). The van der Waals surface area contributed by atoms with Gasteiger partial charge >= 0.3 is 6.18 Å². The number of alkyl halides is 3. The topological polar surface area (TPSA) is 124 Å². The Morgan fingerprint density at radius 3 is 2.32 bits per heavy atom. The zero-order valence-electron chi connectivity index (χ0n) is 21.9. The van der Waals surface area contributed by atoms with E-state index in [4.69, 9.17) is 4.74 Å². The van der Waals surface area contributed by atoms with Crippen molar-refractivity contribution in [2.24, 2.45) is 5.92 Å². The van der Waals surface area contributed by atoms with Gasteiger partial charge in [-0.2, -0.15) is 13.2 Å². The van der Waals surface area contributed by atoms with Gasteiger partial charge in [0.1, 0.15) is 23.0 Å². The quantitative estimate of drug-likeness (QED) is 0.284. The number of ether oxygens (including phenoxy) is 1. The molecule has 0 spiro atoms. The summed E-state index contributed by atoms with van der Waals surface area (Å²) < 4.78 is 45.2. The smallest absolute Gasteiger partial charge is 0.401 e. The predicted molar refractivity (Wildman–Crippen MR) is 139 cm³/mol. The zero-order valence-corrected chi connectivity index (χ0v) is 21.9. The first-order valence-electron chi connectivity index (χ1n) is 12.8. The fourth-order valence-corrected chi connectivity index (χ4v) is 5.76. The molecular formula is C30H26F3NO7. The van der Waals surface area contributed by atoms with Crippen molar-refractivity contribution in [1.82, 2.24) is 4.90 Å². The van der Waals surface area contributed by atoms with Crippen LogP contribution in [0.15, 0.2) is 48.5 Å². The van der Waals surface area contributed by atoms with Crippen molar-refractivity contribution in [3.63, 3.8) is 0 Å².